The molecule has 13 heavy (non-hydrogen) atoms. The van der Waals surface area contributed by atoms with Crippen molar-refractivity contribution in [2.75, 3.05) is 13.8 Å². The zero-order valence-electron chi connectivity index (χ0n) is 7.13. The third-order valence-electron chi connectivity index (χ3n) is 1.71. The minimum Gasteiger partial charge on any atom is -0.494 e. The maximum Gasteiger partial charge on any atom is 0.165 e. The van der Waals surface area contributed by atoms with Gasteiger partial charge in [-0.15, -0.1) is 0 Å². The molecule has 0 aliphatic heterocycles. The molecule has 0 amide bonds. The molecule has 4 heteroatoms. The highest BCUT2D eigenvalue weighted by Crippen LogP contribution is 2.21. The van der Waals surface area contributed by atoms with Crippen molar-refractivity contribution >= 4 is 0 Å². The van der Waals surface area contributed by atoms with E-state index in [1.54, 1.807) is 0 Å². The predicted molar refractivity (Wildman–Crippen MR) is 43.9 cm³/mol. The van der Waals surface area contributed by atoms with Gasteiger partial charge in [-0.1, -0.05) is 6.07 Å². The summed E-state index contributed by atoms with van der Waals surface area (Å²) in [6.07, 6.45) is -1.26. The van der Waals surface area contributed by atoms with Crippen LogP contribution in [0, 0.1) is 5.82 Å². The molecule has 1 atom stereocenters. The molecule has 0 saturated heterocycles. The minimum atomic E-state index is -1.26. The quantitative estimate of drug-likeness (QED) is 0.784. The van der Waals surface area contributed by atoms with Gasteiger partial charge in [0.05, 0.1) is 7.11 Å². The maximum absolute atomic E-state index is 13.0. The predicted octanol–water partition coefficient (Wildman–Crippen LogP) is 1.84. The molecular weight excluding hydrogens is 178 g/mol. The van der Waals surface area contributed by atoms with E-state index >= 15 is 0 Å². The van der Waals surface area contributed by atoms with Crippen molar-refractivity contribution < 1.29 is 18.6 Å². The number of benzene rings is 1. The van der Waals surface area contributed by atoms with Gasteiger partial charge >= 0.3 is 0 Å². The van der Waals surface area contributed by atoms with Gasteiger partial charge in [0.1, 0.15) is 12.8 Å². The van der Waals surface area contributed by atoms with Crippen LogP contribution in [-0.2, 0) is 0 Å². The van der Waals surface area contributed by atoms with Crippen LogP contribution in [0.4, 0.5) is 8.78 Å². The average molecular weight is 188 g/mol. The van der Waals surface area contributed by atoms with Crippen LogP contribution in [0.3, 0.4) is 0 Å². The molecule has 1 aromatic carbocycles. The molecule has 0 spiro atoms. The van der Waals surface area contributed by atoms with Crippen LogP contribution in [0.5, 0.6) is 5.75 Å². The van der Waals surface area contributed by atoms with Crippen molar-refractivity contribution in [3.63, 3.8) is 0 Å². The summed E-state index contributed by atoms with van der Waals surface area (Å²) in [6.45, 7) is -0.925. The highest BCUT2D eigenvalue weighted by Gasteiger charge is 2.10. The van der Waals surface area contributed by atoms with Gasteiger partial charge in [0.15, 0.2) is 11.6 Å². The molecule has 1 rings (SSSR count). The fourth-order valence-electron chi connectivity index (χ4n) is 0.979. The molecule has 1 aromatic rings. The van der Waals surface area contributed by atoms with Gasteiger partial charge < -0.3 is 9.84 Å². The van der Waals surface area contributed by atoms with Gasteiger partial charge in [-0.25, -0.2) is 8.78 Å². The SMILES string of the molecule is COc1ccc(C(O)CF)cc1F. The molecule has 72 valence electrons. The second-order valence-corrected chi connectivity index (χ2v) is 2.56. The van der Waals surface area contributed by atoms with Crippen LogP contribution in [0.1, 0.15) is 11.7 Å². The van der Waals surface area contributed by atoms with E-state index in [4.69, 9.17) is 5.11 Å². The Kier molecular flexibility index (Phi) is 3.19. The zero-order valence-corrected chi connectivity index (χ0v) is 7.13. The van der Waals surface area contributed by atoms with Gasteiger partial charge in [-0.3, -0.25) is 0 Å². The molecule has 0 aromatic heterocycles. The normalized spacial score (nSPS) is 12.6. The Hall–Kier alpha value is -1.16. The van der Waals surface area contributed by atoms with Crippen molar-refractivity contribution in [3.8, 4) is 5.75 Å². The van der Waals surface area contributed by atoms with E-state index in [1.807, 2.05) is 0 Å². The summed E-state index contributed by atoms with van der Waals surface area (Å²) >= 11 is 0. The summed E-state index contributed by atoms with van der Waals surface area (Å²) in [4.78, 5) is 0. The van der Waals surface area contributed by atoms with E-state index in [2.05, 4.69) is 4.74 Å². The van der Waals surface area contributed by atoms with Gasteiger partial charge in [-0.05, 0) is 17.7 Å². The minimum absolute atomic E-state index is 0.0785. The molecule has 0 fully saturated rings. The Bertz CT molecular complexity index is 289. The zero-order chi connectivity index (χ0) is 9.84. The first-order valence-electron chi connectivity index (χ1n) is 3.76. The summed E-state index contributed by atoms with van der Waals surface area (Å²) < 4.78 is 29.6. The Labute approximate surface area is 74.8 Å². The van der Waals surface area contributed by atoms with Crippen molar-refractivity contribution in [1.82, 2.24) is 0 Å². The Balaban J connectivity index is 2.95. The first-order valence-corrected chi connectivity index (χ1v) is 3.76. The Morgan fingerprint density at radius 2 is 2.23 bits per heavy atom. The molecule has 0 aliphatic carbocycles. The summed E-state index contributed by atoms with van der Waals surface area (Å²) in [5.41, 5.74) is 0.209. The van der Waals surface area contributed by atoms with Gasteiger partial charge in [0, 0.05) is 0 Å². The lowest BCUT2D eigenvalue weighted by Gasteiger charge is -2.07. The van der Waals surface area contributed by atoms with E-state index in [0.29, 0.717) is 0 Å². The number of aliphatic hydroxyl groups is 1. The molecular formula is C9H10F2O2. The topological polar surface area (TPSA) is 29.5 Å². The van der Waals surface area contributed by atoms with E-state index in [9.17, 15) is 8.78 Å². The first kappa shape index (κ1) is 9.92. The molecule has 0 heterocycles. The maximum atomic E-state index is 13.0. The summed E-state index contributed by atoms with van der Waals surface area (Å²) in [5, 5.41) is 9.03. The molecule has 0 radical (unpaired) electrons. The van der Waals surface area contributed by atoms with E-state index in [-0.39, 0.29) is 11.3 Å². The largest absolute Gasteiger partial charge is 0.494 e. The standard InChI is InChI=1S/C9H10F2O2/c1-13-9-3-2-6(4-7(9)11)8(12)5-10/h2-4,8,12H,5H2,1H3. The van der Waals surface area contributed by atoms with E-state index in [0.717, 1.165) is 6.07 Å². The highest BCUT2D eigenvalue weighted by molar-refractivity contribution is 5.30. The van der Waals surface area contributed by atoms with Crippen molar-refractivity contribution in [3.05, 3.63) is 29.6 Å². The van der Waals surface area contributed by atoms with Crippen LogP contribution >= 0.6 is 0 Å². The monoisotopic (exact) mass is 188 g/mol. The first-order chi connectivity index (χ1) is 6.19. The molecule has 0 aliphatic rings. The van der Waals surface area contributed by atoms with Crippen LogP contribution < -0.4 is 4.74 Å². The molecule has 1 unspecified atom stereocenters. The van der Waals surface area contributed by atoms with E-state index in [1.165, 1.54) is 19.2 Å². The van der Waals surface area contributed by atoms with Crippen LogP contribution in [0.2, 0.25) is 0 Å². The Morgan fingerprint density at radius 1 is 1.54 bits per heavy atom. The molecule has 0 saturated carbocycles. The molecule has 1 N–H and O–H groups in total. The number of ether oxygens (including phenoxy) is 1. The van der Waals surface area contributed by atoms with Gasteiger partial charge in [-0.2, -0.15) is 0 Å². The third kappa shape index (κ3) is 2.15. The van der Waals surface area contributed by atoms with E-state index < -0.39 is 18.6 Å². The third-order valence-corrected chi connectivity index (χ3v) is 1.71. The van der Waals surface area contributed by atoms with Crippen LogP contribution in [0.15, 0.2) is 18.2 Å². The summed E-state index contributed by atoms with van der Waals surface area (Å²) in [6, 6.07) is 3.83. The number of alkyl halides is 1. The second kappa shape index (κ2) is 4.18. The van der Waals surface area contributed by atoms with Gasteiger partial charge in [0.2, 0.25) is 0 Å². The molecule has 0 bridgehead atoms. The summed E-state index contributed by atoms with van der Waals surface area (Å²) in [7, 11) is 1.34. The number of methoxy groups -OCH3 is 1. The van der Waals surface area contributed by atoms with Crippen LogP contribution in [-0.4, -0.2) is 18.9 Å². The van der Waals surface area contributed by atoms with Crippen molar-refractivity contribution in [2.24, 2.45) is 0 Å². The fraction of sp³-hybridized carbons (Fsp3) is 0.333. The van der Waals surface area contributed by atoms with Crippen molar-refractivity contribution in [2.45, 2.75) is 6.10 Å². The lowest BCUT2D eigenvalue weighted by atomic mass is 10.1. The summed E-state index contributed by atoms with van der Waals surface area (Å²) in [5.74, 6) is -0.526. The lowest BCUT2D eigenvalue weighted by molar-refractivity contribution is 0.141. The van der Waals surface area contributed by atoms with Gasteiger partial charge in [0.25, 0.3) is 0 Å². The van der Waals surface area contributed by atoms with Crippen LogP contribution in [0.25, 0.3) is 0 Å². The number of aliphatic hydroxyl groups excluding tert-OH is 1. The molecule has 2 nitrogen and oxygen atoms in total. The fourth-order valence-corrected chi connectivity index (χ4v) is 0.979. The number of hydrogen-bond donors (Lipinski definition) is 1. The number of rotatable bonds is 3. The van der Waals surface area contributed by atoms with Crippen molar-refractivity contribution in [1.29, 1.82) is 0 Å². The number of halogens is 2. The highest BCUT2D eigenvalue weighted by atomic mass is 19.1. The number of hydrogen-bond acceptors (Lipinski definition) is 2. The smallest absolute Gasteiger partial charge is 0.165 e. The average Bonchev–Trinajstić information content (AvgIpc) is 2.16. The second-order valence-electron chi connectivity index (χ2n) is 2.56. The Morgan fingerprint density at radius 3 is 2.69 bits per heavy atom. The lowest BCUT2D eigenvalue weighted by Crippen LogP contribution is -2.00.